The van der Waals surface area contributed by atoms with E-state index in [-0.39, 0.29) is 6.04 Å². The first-order chi connectivity index (χ1) is 14.1. The third-order valence-electron chi connectivity index (χ3n) is 5.53. The zero-order valence-electron chi connectivity index (χ0n) is 16.4. The third-order valence-corrected chi connectivity index (χ3v) is 7.77. The molecule has 3 aromatic rings. The van der Waals surface area contributed by atoms with Gasteiger partial charge in [-0.2, -0.15) is 0 Å². The number of aryl methyl sites for hydroxylation is 1. The summed E-state index contributed by atoms with van der Waals surface area (Å²) in [4.78, 5) is 0. The summed E-state index contributed by atoms with van der Waals surface area (Å²) in [6.45, 7) is 0. The monoisotopic (exact) mass is 407 g/mol. The minimum Gasteiger partial charge on any atom is -0.497 e. The van der Waals surface area contributed by atoms with Gasteiger partial charge in [-0.15, -0.1) is 0 Å². The summed E-state index contributed by atoms with van der Waals surface area (Å²) in [6, 6.07) is 27.1. The third kappa shape index (κ3) is 3.87. The zero-order valence-corrected chi connectivity index (χ0v) is 17.3. The van der Waals surface area contributed by atoms with Crippen molar-refractivity contribution in [3.63, 3.8) is 0 Å². The maximum atomic E-state index is 13.2. The number of hydrogen-bond acceptors (Lipinski definition) is 3. The Morgan fingerprint density at radius 3 is 2.10 bits per heavy atom. The second-order valence-corrected chi connectivity index (χ2v) is 9.34. The van der Waals surface area contributed by atoms with Crippen LogP contribution in [-0.4, -0.2) is 20.8 Å². The molecule has 150 valence electrons. The molecule has 1 saturated heterocycles. The summed E-state index contributed by atoms with van der Waals surface area (Å²) < 4.78 is 33.2. The summed E-state index contributed by atoms with van der Waals surface area (Å²) in [5.74, 6) is 0.766. The van der Waals surface area contributed by atoms with E-state index < -0.39 is 15.3 Å². The lowest BCUT2D eigenvalue weighted by Gasteiger charge is -2.48. The van der Waals surface area contributed by atoms with E-state index in [4.69, 9.17) is 4.74 Å². The van der Waals surface area contributed by atoms with Crippen LogP contribution < -0.4 is 9.04 Å². The van der Waals surface area contributed by atoms with E-state index in [1.165, 1.54) is 5.56 Å². The van der Waals surface area contributed by atoms with Gasteiger partial charge in [0.1, 0.15) is 11.0 Å². The summed E-state index contributed by atoms with van der Waals surface area (Å²) in [5, 5.41) is -0.417. The molecule has 4 nitrogen and oxygen atoms in total. The Morgan fingerprint density at radius 2 is 1.48 bits per heavy atom. The molecule has 3 aromatic carbocycles. The van der Waals surface area contributed by atoms with Gasteiger partial charge in [-0.25, -0.2) is 8.42 Å². The van der Waals surface area contributed by atoms with E-state index in [0.717, 1.165) is 24.2 Å². The SMILES string of the molecule is COc1ccc([C@@H]2[C@H](CCCc3ccccc3)S(=O)(=O)N2c2ccccc2)cc1. The molecule has 0 radical (unpaired) electrons. The molecule has 29 heavy (non-hydrogen) atoms. The Kier molecular flexibility index (Phi) is 5.58. The van der Waals surface area contributed by atoms with Crippen molar-refractivity contribution >= 4 is 15.7 Å². The van der Waals surface area contributed by atoms with Gasteiger partial charge in [-0.05, 0) is 54.7 Å². The highest BCUT2D eigenvalue weighted by molar-refractivity contribution is 7.95. The molecule has 0 bridgehead atoms. The normalized spacial score (nSPS) is 20.1. The quantitative estimate of drug-likeness (QED) is 0.555. The molecule has 0 spiro atoms. The first kappa shape index (κ1) is 19.5. The molecular formula is C24H25NO3S. The van der Waals surface area contributed by atoms with Crippen LogP contribution in [0, 0.1) is 0 Å². The molecule has 0 aliphatic carbocycles. The lowest BCUT2D eigenvalue weighted by atomic mass is 9.97. The largest absolute Gasteiger partial charge is 0.497 e. The summed E-state index contributed by atoms with van der Waals surface area (Å²) in [5.41, 5.74) is 2.95. The number of methoxy groups -OCH3 is 1. The molecule has 0 amide bonds. The Hall–Kier alpha value is -2.79. The van der Waals surface area contributed by atoms with Gasteiger partial charge in [0.05, 0.1) is 18.8 Å². The molecule has 0 N–H and O–H groups in total. The summed E-state index contributed by atoms with van der Waals surface area (Å²) >= 11 is 0. The van der Waals surface area contributed by atoms with Crippen LogP contribution in [0.1, 0.15) is 30.0 Å². The van der Waals surface area contributed by atoms with Crippen LogP contribution in [0.2, 0.25) is 0 Å². The standard InChI is InChI=1S/C24H25NO3S/c1-28-22-17-15-20(16-18-22)24-23(14-8-11-19-9-4-2-5-10-19)29(26,27)25(24)21-12-6-3-7-13-21/h2-7,9-10,12-13,15-18,23-24H,8,11,14H2,1H3/t23-,24+/m0/s1. The summed E-state index contributed by atoms with van der Waals surface area (Å²) in [7, 11) is -1.75. The minimum atomic E-state index is -3.38. The molecule has 4 rings (SSSR count). The van der Waals surface area contributed by atoms with Crippen molar-refractivity contribution < 1.29 is 13.2 Å². The molecule has 1 aliphatic rings. The molecule has 1 fully saturated rings. The number of para-hydroxylation sites is 1. The van der Waals surface area contributed by atoms with Gasteiger partial charge in [0.15, 0.2) is 0 Å². The fourth-order valence-corrected chi connectivity index (χ4v) is 6.22. The molecule has 0 saturated carbocycles. The number of hydrogen-bond donors (Lipinski definition) is 0. The predicted molar refractivity (Wildman–Crippen MR) is 117 cm³/mol. The molecular weight excluding hydrogens is 382 g/mol. The Bertz CT molecular complexity index is 1030. The average molecular weight is 408 g/mol. The van der Waals surface area contributed by atoms with E-state index in [0.29, 0.717) is 12.1 Å². The second-order valence-electron chi connectivity index (χ2n) is 7.31. The summed E-state index contributed by atoms with van der Waals surface area (Å²) in [6.07, 6.45) is 2.36. The van der Waals surface area contributed by atoms with E-state index in [1.54, 1.807) is 11.4 Å². The van der Waals surface area contributed by atoms with Gasteiger partial charge in [-0.3, -0.25) is 4.31 Å². The Morgan fingerprint density at radius 1 is 0.862 bits per heavy atom. The topological polar surface area (TPSA) is 46.6 Å². The number of ether oxygens (including phenoxy) is 1. The Balaban J connectivity index is 1.59. The van der Waals surface area contributed by atoms with Crippen LogP contribution >= 0.6 is 0 Å². The van der Waals surface area contributed by atoms with Crippen LogP contribution in [0.3, 0.4) is 0 Å². The van der Waals surface area contributed by atoms with Crippen LogP contribution in [0.25, 0.3) is 0 Å². The highest BCUT2D eigenvalue weighted by Gasteiger charge is 2.53. The van der Waals surface area contributed by atoms with Crippen LogP contribution in [0.15, 0.2) is 84.9 Å². The van der Waals surface area contributed by atoms with Gasteiger partial charge in [-0.1, -0.05) is 60.7 Å². The van der Waals surface area contributed by atoms with Crippen molar-refractivity contribution in [2.45, 2.75) is 30.6 Å². The van der Waals surface area contributed by atoms with E-state index >= 15 is 0 Å². The zero-order chi connectivity index (χ0) is 20.3. The van der Waals surface area contributed by atoms with Crippen molar-refractivity contribution in [2.24, 2.45) is 0 Å². The van der Waals surface area contributed by atoms with Gasteiger partial charge in [0.25, 0.3) is 0 Å². The first-order valence-electron chi connectivity index (χ1n) is 9.87. The average Bonchev–Trinajstić information content (AvgIpc) is 2.76. The first-order valence-corrected chi connectivity index (χ1v) is 11.4. The van der Waals surface area contributed by atoms with Gasteiger partial charge >= 0.3 is 0 Å². The van der Waals surface area contributed by atoms with Gasteiger partial charge < -0.3 is 4.74 Å². The van der Waals surface area contributed by atoms with Crippen molar-refractivity contribution in [3.8, 4) is 5.75 Å². The lowest BCUT2D eigenvalue weighted by molar-refractivity contribution is 0.414. The van der Waals surface area contributed by atoms with Crippen LogP contribution in [-0.2, 0) is 16.4 Å². The van der Waals surface area contributed by atoms with Crippen LogP contribution in [0.5, 0.6) is 5.75 Å². The number of rotatable bonds is 7. The van der Waals surface area contributed by atoms with Gasteiger partial charge in [0, 0.05) is 0 Å². The van der Waals surface area contributed by atoms with Crippen molar-refractivity contribution in [2.75, 3.05) is 11.4 Å². The predicted octanol–water partition coefficient (Wildman–Crippen LogP) is 4.98. The highest BCUT2D eigenvalue weighted by atomic mass is 32.2. The van der Waals surface area contributed by atoms with Crippen molar-refractivity contribution in [1.29, 1.82) is 0 Å². The smallest absolute Gasteiger partial charge is 0.241 e. The number of nitrogens with zero attached hydrogens (tertiary/aromatic N) is 1. The fourth-order valence-electron chi connectivity index (χ4n) is 4.05. The molecule has 5 heteroatoms. The van der Waals surface area contributed by atoms with Gasteiger partial charge in [0.2, 0.25) is 10.0 Å². The van der Waals surface area contributed by atoms with E-state index in [1.807, 2.05) is 72.8 Å². The minimum absolute atomic E-state index is 0.191. The number of anilines is 1. The number of benzene rings is 3. The number of sulfonamides is 1. The maximum Gasteiger partial charge on any atom is 0.241 e. The Labute approximate surface area is 172 Å². The highest BCUT2D eigenvalue weighted by Crippen LogP contribution is 2.47. The second kappa shape index (κ2) is 8.29. The van der Waals surface area contributed by atoms with Crippen molar-refractivity contribution in [1.82, 2.24) is 0 Å². The molecule has 1 aliphatic heterocycles. The van der Waals surface area contributed by atoms with Crippen LogP contribution in [0.4, 0.5) is 5.69 Å². The molecule has 1 heterocycles. The van der Waals surface area contributed by atoms with Crippen molar-refractivity contribution in [3.05, 3.63) is 96.1 Å². The van der Waals surface area contributed by atoms with E-state index in [9.17, 15) is 8.42 Å². The maximum absolute atomic E-state index is 13.2. The lowest BCUT2D eigenvalue weighted by Crippen LogP contribution is -2.58. The molecule has 0 aromatic heterocycles. The molecule has 2 atom stereocenters. The molecule has 0 unspecified atom stereocenters. The fraction of sp³-hybridized carbons (Fsp3) is 0.250. The van der Waals surface area contributed by atoms with E-state index in [2.05, 4.69) is 12.1 Å².